The Kier molecular flexibility index (Phi) is 5.30. The minimum atomic E-state index is -0.989. The van der Waals surface area contributed by atoms with Crippen LogP contribution in [-0.2, 0) is 4.79 Å². The standard InChI is InChI=1S/C13H15ClFNO3/c1-3-16(7-8(2)13(18)19)12(17)9-5-4-6-10(15)11(9)14/h4-6,8H,3,7H2,1-2H3,(H,18,19). The zero-order valence-electron chi connectivity index (χ0n) is 10.7. The molecule has 0 aliphatic rings. The normalized spacial score (nSPS) is 12.0. The zero-order valence-corrected chi connectivity index (χ0v) is 11.4. The molecule has 0 saturated carbocycles. The molecule has 1 N–H and O–H groups in total. The van der Waals surface area contributed by atoms with Crippen LogP contribution in [0.25, 0.3) is 0 Å². The van der Waals surface area contributed by atoms with Crippen LogP contribution >= 0.6 is 11.6 Å². The van der Waals surface area contributed by atoms with Crippen LogP contribution in [0.1, 0.15) is 24.2 Å². The molecule has 0 aliphatic carbocycles. The van der Waals surface area contributed by atoms with Crippen LogP contribution in [0.3, 0.4) is 0 Å². The van der Waals surface area contributed by atoms with Gasteiger partial charge in [0.2, 0.25) is 0 Å². The van der Waals surface area contributed by atoms with Gasteiger partial charge in [0, 0.05) is 13.1 Å². The summed E-state index contributed by atoms with van der Waals surface area (Å²) in [6.07, 6.45) is 0. The summed E-state index contributed by atoms with van der Waals surface area (Å²) < 4.78 is 13.3. The minimum Gasteiger partial charge on any atom is -0.481 e. The third kappa shape index (κ3) is 3.67. The number of carboxylic acids is 1. The van der Waals surface area contributed by atoms with Crippen molar-refractivity contribution in [3.63, 3.8) is 0 Å². The molecule has 0 aliphatic heterocycles. The largest absolute Gasteiger partial charge is 0.481 e. The van der Waals surface area contributed by atoms with Gasteiger partial charge < -0.3 is 10.0 Å². The van der Waals surface area contributed by atoms with E-state index in [-0.39, 0.29) is 17.1 Å². The van der Waals surface area contributed by atoms with Crippen LogP contribution in [-0.4, -0.2) is 35.0 Å². The number of nitrogens with zero attached hydrogens (tertiary/aromatic N) is 1. The van der Waals surface area contributed by atoms with Crippen LogP contribution in [0.4, 0.5) is 4.39 Å². The summed E-state index contributed by atoms with van der Waals surface area (Å²) in [7, 11) is 0. The number of amides is 1. The van der Waals surface area contributed by atoms with Gasteiger partial charge in [-0.1, -0.05) is 24.6 Å². The van der Waals surface area contributed by atoms with Crippen molar-refractivity contribution in [2.45, 2.75) is 13.8 Å². The number of rotatable bonds is 5. The van der Waals surface area contributed by atoms with Gasteiger partial charge in [0.15, 0.2) is 0 Å². The lowest BCUT2D eigenvalue weighted by Crippen LogP contribution is -2.37. The Morgan fingerprint density at radius 3 is 2.63 bits per heavy atom. The topological polar surface area (TPSA) is 57.6 Å². The molecule has 0 radical (unpaired) electrons. The molecule has 1 rings (SSSR count). The fraction of sp³-hybridized carbons (Fsp3) is 0.385. The Hall–Kier alpha value is -1.62. The maximum atomic E-state index is 13.3. The maximum Gasteiger partial charge on any atom is 0.308 e. The summed E-state index contributed by atoms with van der Waals surface area (Å²) in [5, 5.41) is 8.61. The molecular weight excluding hydrogens is 273 g/mol. The van der Waals surface area contributed by atoms with E-state index in [1.54, 1.807) is 6.92 Å². The molecule has 0 heterocycles. The van der Waals surface area contributed by atoms with Crippen LogP contribution in [0.5, 0.6) is 0 Å². The average Bonchev–Trinajstić information content (AvgIpc) is 2.38. The van der Waals surface area contributed by atoms with E-state index < -0.39 is 23.6 Å². The van der Waals surface area contributed by atoms with Crippen molar-refractivity contribution in [2.24, 2.45) is 5.92 Å². The van der Waals surface area contributed by atoms with E-state index >= 15 is 0 Å². The van der Waals surface area contributed by atoms with Crippen molar-refractivity contribution >= 4 is 23.5 Å². The lowest BCUT2D eigenvalue weighted by atomic mass is 10.1. The summed E-state index contributed by atoms with van der Waals surface area (Å²) in [5.41, 5.74) is 0.0427. The molecule has 0 spiro atoms. The Morgan fingerprint density at radius 1 is 1.47 bits per heavy atom. The number of carbonyl (C=O) groups is 2. The van der Waals surface area contributed by atoms with E-state index in [1.165, 1.54) is 24.0 Å². The van der Waals surface area contributed by atoms with Gasteiger partial charge >= 0.3 is 5.97 Å². The maximum absolute atomic E-state index is 13.3. The predicted octanol–water partition coefficient (Wildman–Crippen LogP) is 2.66. The number of benzene rings is 1. The molecule has 104 valence electrons. The molecule has 1 unspecified atom stereocenters. The van der Waals surface area contributed by atoms with E-state index in [4.69, 9.17) is 16.7 Å². The highest BCUT2D eigenvalue weighted by atomic mass is 35.5. The third-order valence-electron chi connectivity index (χ3n) is 2.77. The Morgan fingerprint density at radius 2 is 2.11 bits per heavy atom. The highest BCUT2D eigenvalue weighted by Gasteiger charge is 2.22. The molecular formula is C13H15ClFNO3. The van der Waals surface area contributed by atoms with Crippen LogP contribution < -0.4 is 0 Å². The summed E-state index contributed by atoms with van der Waals surface area (Å²) in [6, 6.07) is 3.97. The quantitative estimate of drug-likeness (QED) is 0.906. The molecule has 19 heavy (non-hydrogen) atoms. The second kappa shape index (κ2) is 6.52. The van der Waals surface area contributed by atoms with E-state index in [2.05, 4.69) is 0 Å². The van der Waals surface area contributed by atoms with Crippen molar-refractivity contribution in [1.82, 2.24) is 4.90 Å². The summed E-state index contributed by atoms with van der Waals surface area (Å²) >= 11 is 5.75. The molecule has 0 bridgehead atoms. The van der Waals surface area contributed by atoms with Crippen molar-refractivity contribution < 1.29 is 19.1 Å². The second-order valence-electron chi connectivity index (χ2n) is 4.18. The fourth-order valence-electron chi connectivity index (χ4n) is 1.60. The smallest absolute Gasteiger partial charge is 0.308 e. The zero-order chi connectivity index (χ0) is 14.6. The highest BCUT2D eigenvalue weighted by molar-refractivity contribution is 6.34. The highest BCUT2D eigenvalue weighted by Crippen LogP contribution is 2.21. The molecule has 6 heteroatoms. The summed E-state index contributed by atoms with van der Waals surface area (Å²) in [4.78, 5) is 24.3. The van der Waals surface area contributed by atoms with E-state index in [1.807, 2.05) is 0 Å². The van der Waals surface area contributed by atoms with Crippen LogP contribution in [0.2, 0.25) is 5.02 Å². The molecule has 1 aromatic rings. The van der Waals surface area contributed by atoms with Gasteiger partial charge in [-0.2, -0.15) is 0 Å². The van der Waals surface area contributed by atoms with Gasteiger partial charge in [-0.3, -0.25) is 9.59 Å². The summed E-state index contributed by atoms with van der Waals surface area (Å²) in [6.45, 7) is 3.60. The lowest BCUT2D eigenvalue weighted by molar-refractivity contribution is -0.141. The van der Waals surface area contributed by atoms with Crippen molar-refractivity contribution in [3.8, 4) is 0 Å². The Bertz CT molecular complexity index is 493. The predicted molar refractivity (Wildman–Crippen MR) is 69.8 cm³/mol. The van der Waals surface area contributed by atoms with Gasteiger partial charge in [-0.15, -0.1) is 0 Å². The van der Waals surface area contributed by atoms with Gasteiger partial charge in [0.1, 0.15) is 5.82 Å². The number of hydrogen-bond donors (Lipinski definition) is 1. The van der Waals surface area contributed by atoms with Crippen LogP contribution in [0.15, 0.2) is 18.2 Å². The molecule has 1 aromatic carbocycles. The molecule has 4 nitrogen and oxygen atoms in total. The number of carbonyl (C=O) groups excluding carboxylic acids is 1. The second-order valence-corrected chi connectivity index (χ2v) is 4.56. The van der Waals surface area contributed by atoms with Crippen molar-refractivity contribution in [3.05, 3.63) is 34.6 Å². The Labute approximate surface area is 115 Å². The summed E-state index contributed by atoms with van der Waals surface area (Å²) in [5.74, 6) is -2.83. The van der Waals surface area contributed by atoms with Crippen molar-refractivity contribution in [1.29, 1.82) is 0 Å². The number of aliphatic carboxylic acids is 1. The first-order valence-electron chi connectivity index (χ1n) is 5.84. The van der Waals surface area contributed by atoms with E-state index in [9.17, 15) is 14.0 Å². The van der Waals surface area contributed by atoms with Crippen molar-refractivity contribution in [2.75, 3.05) is 13.1 Å². The first-order chi connectivity index (χ1) is 8.88. The Balaban J connectivity index is 2.96. The van der Waals surface area contributed by atoms with Gasteiger partial charge in [-0.05, 0) is 19.1 Å². The monoisotopic (exact) mass is 287 g/mol. The average molecular weight is 288 g/mol. The van der Waals surface area contributed by atoms with Crippen LogP contribution in [0, 0.1) is 11.7 Å². The lowest BCUT2D eigenvalue weighted by Gasteiger charge is -2.23. The first kappa shape index (κ1) is 15.4. The van der Waals surface area contributed by atoms with E-state index in [0.717, 1.165) is 6.07 Å². The van der Waals surface area contributed by atoms with Gasteiger partial charge in [0.05, 0.1) is 16.5 Å². The molecule has 0 aromatic heterocycles. The molecule has 0 saturated heterocycles. The first-order valence-corrected chi connectivity index (χ1v) is 6.22. The van der Waals surface area contributed by atoms with E-state index in [0.29, 0.717) is 6.54 Å². The minimum absolute atomic E-state index is 0.0427. The molecule has 1 atom stereocenters. The molecule has 1 amide bonds. The third-order valence-corrected chi connectivity index (χ3v) is 3.15. The number of carboxylic acid groups (broad SMARTS) is 1. The number of hydrogen-bond acceptors (Lipinski definition) is 2. The molecule has 0 fully saturated rings. The number of halogens is 2. The SMILES string of the molecule is CCN(CC(C)C(=O)O)C(=O)c1cccc(F)c1Cl. The van der Waals surface area contributed by atoms with Gasteiger partial charge in [-0.25, -0.2) is 4.39 Å². The fourth-order valence-corrected chi connectivity index (χ4v) is 1.81. The van der Waals surface area contributed by atoms with Gasteiger partial charge in [0.25, 0.3) is 5.91 Å².